The molecule has 0 saturated carbocycles. The van der Waals surface area contributed by atoms with Gasteiger partial charge in [-0.05, 0) is 68.1 Å². The summed E-state index contributed by atoms with van der Waals surface area (Å²) in [5.74, 6) is 0.463. The maximum atomic E-state index is 10.2. The first kappa shape index (κ1) is 22.7. The zero-order valence-electron chi connectivity index (χ0n) is 20.4. The summed E-state index contributed by atoms with van der Waals surface area (Å²) in [6, 6.07) is 16.6. The Morgan fingerprint density at radius 3 is 2.72 bits per heavy atom. The molecule has 1 aliphatic heterocycles. The van der Waals surface area contributed by atoms with Gasteiger partial charge in [-0.2, -0.15) is 10.2 Å². The van der Waals surface area contributed by atoms with Crippen molar-refractivity contribution in [1.29, 1.82) is 5.26 Å². The number of aliphatic hydroxyl groups excluding tert-OH is 1. The fourth-order valence-electron chi connectivity index (χ4n) is 5.59. The van der Waals surface area contributed by atoms with Crippen molar-refractivity contribution in [3.05, 3.63) is 71.5 Å². The molecule has 0 bridgehead atoms. The van der Waals surface area contributed by atoms with E-state index in [2.05, 4.69) is 36.2 Å². The van der Waals surface area contributed by atoms with Crippen LogP contribution in [-0.2, 0) is 12.8 Å². The molecule has 36 heavy (non-hydrogen) atoms. The van der Waals surface area contributed by atoms with Crippen LogP contribution >= 0.6 is 0 Å². The van der Waals surface area contributed by atoms with Crippen molar-refractivity contribution in [1.82, 2.24) is 19.3 Å². The van der Waals surface area contributed by atoms with Crippen LogP contribution in [0, 0.1) is 17.2 Å². The van der Waals surface area contributed by atoms with Gasteiger partial charge in [-0.15, -0.1) is 0 Å². The topological polar surface area (TPSA) is 86.7 Å². The van der Waals surface area contributed by atoms with Gasteiger partial charge in [0.15, 0.2) is 5.65 Å². The zero-order valence-corrected chi connectivity index (χ0v) is 20.4. The first-order chi connectivity index (χ1) is 17.6. The van der Waals surface area contributed by atoms with Crippen LogP contribution in [0.4, 0.5) is 0 Å². The van der Waals surface area contributed by atoms with E-state index in [1.54, 1.807) is 6.20 Å². The second-order valence-corrected chi connectivity index (χ2v) is 10.1. The number of hydrogen-bond donors (Lipinski definition) is 1. The van der Waals surface area contributed by atoms with Gasteiger partial charge in [0.2, 0.25) is 0 Å². The van der Waals surface area contributed by atoms with Gasteiger partial charge in [-0.3, -0.25) is 4.40 Å². The highest BCUT2D eigenvalue weighted by molar-refractivity contribution is 5.90. The Hall–Kier alpha value is -3.73. The maximum absolute atomic E-state index is 10.2. The van der Waals surface area contributed by atoms with E-state index in [-0.39, 0.29) is 6.10 Å². The molecule has 182 valence electrons. The van der Waals surface area contributed by atoms with Crippen LogP contribution in [0.3, 0.4) is 0 Å². The van der Waals surface area contributed by atoms with E-state index in [1.165, 1.54) is 12.0 Å². The number of hydrogen-bond acceptors (Lipinski definition) is 6. The van der Waals surface area contributed by atoms with Crippen LogP contribution in [0.5, 0.6) is 6.01 Å². The van der Waals surface area contributed by atoms with Crippen molar-refractivity contribution in [2.75, 3.05) is 26.7 Å². The Balaban J connectivity index is 1.47. The van der Waals surface area contributed by atoms with Crippen molar-refractivity contribution in [2.45, 2.75) is 31.8 Å². The summed E-state index contributed by atoms with van der Waals surface area (Å²) in [4.78, 5) is 12.1. The summed E-state index contributed by atoms with van der Waals surface area (Å²) in [6.45, 7) is 2.76. The SMILES string of the molecule is CN1CCC[C@@H](COc2nc(-c3ccc(C#N)cc3)c(-c3ccc4c(c3)CC(O)C4)c3nccn23)C1. The van der Waals surface area contributed by atoms with Gasteiger partial charge in [0.1, 0.15) is 0 Å². The molecule has 1 N–H and O–H groups in total. The summed E-state index contributed by atoms with van der Waals surface area (Å²) in [7, 11) is 2.16. The van der Waals surface area contributed by atoms with Crippen LogP contribution in [-0.4, -0.2) is 57.2 Å². The lowest BCUT2D eigenvalue weighted by molar-refractivity contribution is 0.143. The monoisotopic (exact) mass is 479 g/mol. The van der Waals surface area contributed by atoms with Gasteiger partial charge in [0.05, 0.1) is 35.6 Å². The average molecular weight is 480 g/mol. The van der Waals surface area contributed by atoms with Crippen LogP contribution < -0.4 is 4.74 Å². The standard InChI is InChI=1S/C29H29N5O2/c1-33-11-2-3-20(17-33)18-36-29-32-27(21-6-4-19(16-30)5-7-21)26(28-31-10-12-34(28)29)23-9-8-22-14-25(35)15-24(22)13-23/h4-10,12-13,20,25,35H,2-3,11,14-15,17-18H2,1H3/t20-,25?/m1/s1. The highest BCUT2D eigenvalue weighted by Crippen LogP contribution is 2.38. The second-order valence-electron chi connectivity index (χ2n) is 10.1. The molecule has 1 fully saturated rings. The van der Waals surface area contributed by atoms with Crippen molar-refractivity contribution in [2.24, 2.45) is 5.92 Å². The molecule has 2 aromatic heterocycles. The van der Waals surface area contributed by atoms with Crippen molar-refractivity contribution in [3.63, 3.8) is 0 Å². The third kappa shape index (κ3) is 4.23. The molecule has 2 atom stereocenters. The minimum atomic E-state index is -0.326. The number of imidazole rings is 1. The maximum Gasteiger partial charge on any atom is 0.302 e. The summed E-state index contributed by atoms with van der Waals surface area (Å²) in [5.41, 5.74) is 7.33. The van der Waals surface area contributed by atoms with E-state index < -0.39 is 0 Å². The smallest absolute Gasteiger partial charge is 0.302 e. The lowest BCUT2D eigenvalue weighted by Gasteiger charge is -2.29. The van der Waals surface area contributed by atoms with Gasteiger partial charge in [-0.25, -0.2) is 4.98 Å². The zero-order chi connectivity index (χ0) is 24.6. The largest absolute Gasteiger partial charge is 0.464 e. The van der Waals surface area contributed by atoms with Crippen molar-refractivity contribution in [3.8, 4) is 34.5 Å². The Kier molecular flexibility index (Phi) is 5.92. The highest BCUT2D eigenvalue weighted by atomic mass is 16.5. The van der Waals surface area contributed by atoms with E-state index in [4.69, 9.17) is 14.7 Å². The number of aliphatic hydroxyl groups is 1. The summed E-state index contributed by atoms with van der Waals surface area (Å²) < 4.78 is 8.28. The fraction of sp³-hybridized carbons (Fsp3) is 0.345. The Labute approximate surface area is 210 Å². The number of piperidine rings is 1. The van der Waals surface area contributed by atoms with Gasteiger partial charge in [0, 0.05) is 30.4 Å². The molecule has 0 amide bonds. The quantitative estimate of drug-likeness (QED) is 0.464. The predicted molar refractivity (Wildman–Crippen MR) is 138 cm³/mol. The Bertz CT molecular complexity index is 1450. The van der Waals surface area contributed by atoms with Gasteiger partial charge < -0.3 is 14.7 Å². The van der Waals surface area contributed by atoms with Crippen LogP contribution in [0.25, 0.3) is 28.0 Å². The number of fused-ring (bicyclic) bond motifs is 2. The molecule has 1 saturated heterocycles. The summed E-state index contributed by atoms with van der Waals surface area (Å²) >= 11 is 0. The van der Waals surface area contributed by atoms with E-state index in [1.807, 2.05) is 34.9 Å². The van der Waals surface area contributed by atoms with Crippen LogP contribution in [0.15, 0.2) is 54.9 Å². The molecule has 3 heterocycles. The molecular formula is C29H29N5O2. The first-order valence-corrected chi connectivity index (χ1v) is 12.6. The van der Waals surface area contributed by atoms with E-state index in [0.29, 0.717) is 36.9 Å². The summed E-state index contributed by atoms with van der Waals surface area (Å²) in [6.07, 6.45) is 7.03. The fourth-order valence-corrected chi connectivity index (χ4v) is 5.59. The normalized spacial score (nSPS) is 19.8. The number of benzene rings is 2. The lowest BCUT2D eigenvalue weighted by atomic mass is 9.96. The first-order valence-electron chi connectivity index (χ1n) is 12.6. The predicted octanol–water partition coefficient (Wildman–Crippen LogP) is 4.12. The highest BCUT2D eigenvalue weighted by Gasteiger charge is 2.24. The van der Waals surface area contributed by atoms with E-state index in [9.17, 15) is 10.4 Å². The minimum absolute atomic E-state index is 0.326. The molecule has 2 aromatic carbocycles. The van der Waals surface area contributed by atoms with E-state index in [0.717, 1.165) is 53.1 Å². The number of ether oxygens (including phenoxy) is 1. The van der Waals surface area contributed by atoms with Gasteiger partial charge in [-0.1, -0.05) is 30.3 Å². The molecule has 0 radical (unpaired) electrons. The molecule has 0 spiro atoms. The Morgan fingerprint density at radius 2 is 1.92 bits per heavy atom. The lowest BCUT2D eigenvalue weighted by Crippen LogP contribution is -2.35. The number of aromatic nitrogens is 3. The molecule has 1 aliphatic carbocycles. The molecule has 6 rings (SSSR count). The third-order valence-corrected chi connectivity index (χ3v) is 7.38. The second kappa shape index (κ2) is 9.38. The van der Waals surface area contributed by atoms with Crippen LogP contribution in [0.1, 0.15) is 29.5 Å². The van der Waals surface area contributed by atoms with Crippen molar-refractivity contribution < 1.29 is 9.84 Å². The van der Waals surface area contributed by atoms with E-state index >= 15 is 0 Å². The number of nitrogens with zero attached hydrogens (tertiary/aromatic N) is 5. The average Bonchev–Trinajstić information content (AvgIpc) is 3.52. The van der Waals surface area contributed by atoms with Gasteiger partial charge >= 0.3 is 6.01 Å². The van der Waals surface area contributed by atoms with Crippen LogP contribution in [0.2, 0.25) is 0 Å². The molecule has 4 aromatic rings. The molecule has 2 aliphatic rings. The molecule has 7 heteroatoms. The molecular weight excluding hydrogens is 450 g/mol. The number of rotatable bonds is 5. The van der Waals surface area contributed by atoms with Crippen molar-refractivity contribution >= 4 is 5.65 Å². The molecule has 7 nitrogen and oxygen atoms in total. The third-order valence-electron chi connectivity index (χ3n) is 7.38. The number of likely N-dealkylation sites (tertiary alicyclic amines) is 1. The molecule has 1 unspecified atom stereocenters. The van der Waals surface area contributed by atoms with Gasteiger partial charge in [0.25, 0.3) is 0 Å². The number of nitriles is 1. The minimum Gasteiger partial charge on any atom is -0.464 e. The Morgan fingerprint density at radius 1 is 1.11 bits per heavy atom. The summed E-state index contributed by atoms with van der Waals surface area (Å²) in [5, 5.41) is 19.5.